The van der Waals surface area contributed by atoms with E-state index < -0.39 is 0 Å². The van der Waals surface area contributed by atoms with E-state index in [0.29, 0.717) is 5.92 Å². The van der Waals surface area contributed by atoms with Crippen molar-refractivity contribution in [2.24, 2.45) is 0 Å². The van der Waals surface area contributed by atoms with E-state index in [4.69, 9.17) is 0 Å². The molecule has 0 spiro atoms. The van der Waals surface area contributed by atoms with Gasteiger partial charge >= 0.3 is 0 Å². The summed E-state index contributed by atoms with van der Waals surface area (Å²) in [5.74, 6) is 0.791. The van der Waals surface area contributed by atoms with Gasteiger partial charge in [-0.15, -0.1) is 0 Å². The van der Waals surface area contributed by atoms with Crippen LogP contribution >= 0.6 is 0 Å². The van der Waals surface area contributed by atoms with Crippen molar-refractivity contribution in [2.45, 2.75) is 44.6 Å². The van der Waals surface area contributed by atoms with Gasteiger partial charge in [-0.2, -0.15) is 0 Å². The zero-order valence-electron chi connectivity index (χ0n) is 12.3. The Morgan fingerprint density at radius 2 is 2.15 bits per heavy atom. The minimum absolute atomic E-state index is 0.0312. The minimum Gasteiger partial charge on any atom is -0.341 e. The maximum Gasteiger partial charge on any atom is 0.239 e. The highest BCUT2D eigenvalue weighted by Gasteiger charge is 2.27. The van der Waals surface area contributed by atoms with Gasteiger partial charge in [0, 0.05) is 19.0 Å². The summed E-state index contributed by atoms with van der Waals surface area (Å²) in [6.45, 7) is 4.72. The molecule has 2 atom stereocenters. The van der Waals surface area contributed by atoms with Crippen LogP contribution < -0.4 is 5.32 Å². The molecule has 0 bridgehead atoms. The highest BCUT2D eigenvalue weighted by Crippen LogP contribution is 2.32. The zero-order valence-corrected chi connectivity index (χ0v) is 12.3. The number of fused-ring (bicyclic) bond motifs is 1. The molecule has 1 aliphatic carbocycles. The molecular formula is C17H24N2O. The Kier molecular flexibility index (Phi) is 4.06. The third kappa shape index (κ3) is 2.73. The largest absolute Gasteiger partial charge is 0.341 e. The molecule has 1 aliphatic heterocycles. The smallest absolute Gasteiger partial charge is 0.239 e. The normalized spacial score (nSPS) is 27.1. The molecule has 1 aromatic rings. The molecule has 3 rings (SSSR count). The summed E-state index contributed by atoms with van der Waals surface area (Å²) in [4.78, 5) is 14.5. The maximum absolute atomic E-state index is 12.4. The molecule has 1 saturated heterocycles. The molecule has 1 amide bonds. The Balaban J connectivity index is 1.76. The number of rotatable bonds is 2. The van der Waals surface area contributed by atoms with Crippen LogP contribution in [0, 0.1) is 0 Å². The van der Waals surface area contributed by atoms with Gasteiger partial charge in [-0.05, 0) is 50.3 Å². The van der Waals surface area contributed by atoms with Gasteiger partial charge < -0.3 is 10.2 Å². The molecule has 2 unspecified atom stereocenters. The van der Waals surface area contributed by atoms with Gasteiger partial charge in [0.05, 0.1) is 6.04 Å². The summed E-state index contributed by atoms with van der Waals surface area (Å²) in [5, 5.41) is 3.29. The number of hydrogen-bond acceptors (Lipinski definition) is 2. The van der Waals surface area contributed by atoms with Crippen LogP contribution in [0.25, 0.3) is 0 Å². The SMILES string of the molecule is CC1NCCCN(CC2CCCc3ccccc32)C1=O. The van der Waals surface area contributed by atoms with E-state index in [0.717, 1.165) is 26.1 Å². The number of nitrogens with zero attached hydrogens (tertiary/aromatic N) is 1. The lowest BCUT2D eigenvalue weighted by molar-refractivity contribution is -0.132. The number of aryl methyl sites for hydroxylation is 1. The summed E-state index contributed by atoms with van der Waals surface area (Å²) < 4.78 is 0. The van der Waals surface area contributed by atoms with Gasteiger partial charge in [0.15, 0.2) is 0 Å². The molecule has 108 valence electrons. The van der Waals surface area contributed by atoms with E-state index in [1.54, 1.807) is 0 Å². The Bertz CT molecular complexity index is 486. The summed E-state index contributed by atoms with van der Waals surface area (Å²) in [6.07, 6.45) is 4.71. The first kappa shape index (κ1) is 13.6. The van der Waals surface area contributed by atoms with Crippen LogP contribution in [0.5, 0.6) is 0 Å². The zero-order chi connectivity index (χ0) is 13.9. The third-order valence-corrected chi connectivity index (χ3v) is 4.67. The average molecular weight is 272 g/mol. The van der Waals surface area contributed by atoms with E-state index in [1.807, 2.05) is 6.92 Å². The predicted octanol–water partition coefficient (Wildman–Crippen LogP) is 2.32. The summed E-state index contributed by atoms with van der Waals surface area (Å²) in [6, 6.07) is 8.73. The van der Waals surface area contributed by atoms with E-state index in [2.05, 4.69) is 34.5 Å². The predicted molar refractivity (Wildman–Crippen MR) is 80.8 cm³/mol. The van der Waals surface area contributed by atoms with Crippen molar-refractivity contribution in [3.8, 4) is 0 Å². The van der Waals surface area contributed by atoms with Crippen LogP contribution in [0.4, 0.5) is 0 Å². The highest BCUT2D eigenvalue weighted by molar-refractivity contribution is 5.81. The lowest BCUT2D eigenvalue weighted by Gasteiger charge is -2.31. The Morgan fingerprint density at radius 3 is 3.05 bits per heavy atom. The molecular weight excluding hydrogens is 248 g/mol. The third-order valence-electron chi connectivity index (χ3n) is 4.67. The number of benzene rings is 1. The minimum atomic E-state index is -0.0312. The number of hydrogen-bond donors (Lipinski definition) is 1. The Hall–Kier alpha value is -1.35. The van der Waals surface area contributed by atoms with Crippen molar-refractivity contribution in [2.75, 3.05) is 19.6 Å². The molecule has 3 nitrogen and oxygen atoms in total. The van der Waals surface area contributed by atoms with Gasteiger partial charge in [-0.3, -0.25) is 4.79 Å². The molecule has 0 saturated carbocycles. The molecule has 0 radical (unpaired) electrons. The van der Waals surface area contributed by atoms with Crippen LogP contribution in [-0.4, -0.2) is 36.5 Å². The molecule has 0 aromatic heterocycles. The van der Waals surface area contributed by atoms with Gasteiger partial charge in [0.2, 0.25) is 5.91 Å². The van der Waals surface area contributed by atoms with E-state index in [9.17, 15) is 4.79 Å². The molecule has 1 heterocycles. The lowest BCUT2D eigenvalue weighted by Crippen LogP contribution is -2.43. The van der Waals surface area contributed by atoms with Crippen LogP contribution in [0.3, 0.4) is 0 Å². The summed E-state index contributed by atoms with van der Waals surface area (Å²) in [7, 11) is 0. The monoisotopic (exact) mass is 272 g/mol. The first-order valence-corrected chi connectivity index (χ1v) is 7.85. The van der Waals surface area contributed by atoms with Crippen molar-refractivity contribution < 1.29 is 4.79 Å². The van der Waals surface area contributed by atoms with Crippen molar-refractivity contribution in [3.63, 3.8) is 0 Å². The second-order valence-electron chi connectivity index (χ2n) is 6.10. The number of nitrogens with one attached hydrogen (secondary N) is 1. The second-order valence-corrected chi connectivity index (χ2v) is 6.10. The van der Waals surface area contributed by atoms with Crippen LogP contribution in [0.15, 0.2) is 24.3 Å². The first-order valence-electron chi connectivity index (χ1n) is 7.85. The molecule has 20 heavy (non-hydrogen) atoms. The number of amides is 1. The van der Waals surface area contributed by atoms with Crippen molar-refractivity contribution in [1.82, 2.24) is 10.2 Å². The topological polar surface area (TPSA) is 32.3 Å². The van der Waals surface area contributed by atoms with Gasteiger partial charge in [-0.1, -0.05) is 24.3 Å². The van der Waals surface area contributed by atoms with E-state index in [1.165, 1.54) is 30.4 Å². The highest BCUT2D eigenvalue weighted by atomic mass is 16.2. The first-order chi connectivity index (χ1) is 9.75. The lowest BCUT2D eigenvalue weighted by atomic mass is 9.82. The molecule has 1 aromatic carbocycles. The van der Waals surface area contributed by atoms with Crippen molar-refractivity contribution in [1.29, 1.82) is 0 Å². The van der Waals surface area contributed by atoms with Gasteiger partial charge in [0.25, 0.3) is 0 Å². The second kappa shape index (κ2) is 5.96. The van der Waals surface area contributed by atoms with Gasteiger partial charge in [0.1, 0.15) is 0 Å². The quantitative estimate of drug-likeness (QED) is 0.896. The van der Waals surface area contributed by atoms with E-state index in [-0.39, 0.29) is 11.9 Å². The Morgan fingerprint density at radius 1 is 1.30 bits per heavy atom. The number of carbonyl (C=O) groups excluding carboxylic acids is 1. The van der Waals surface area contributed by atoms with Crippen LogP contribution in [0.2, 0.25) is 0 Å². The van der Waals surface area contributed by atoms with Crippen LogP contribution in [-0.2, 0) is 11.2 Å². The fourth-order valence-electron chi connectivity index (χ4n) is 3.55. The van der Waals surface area contributed by atoms with E-state index >= 15 is 0 Å². The average Bonchev–Trinajstić information content (AvgIpc) is 2.63. The van der Waals surface area contributed by atoms with Crippen molar-refractivity contribution >= 4 is 5.91 Å². The number of carbonyl (C=O) groups is 1. The standard InChI is InChI=1S/C17H24N2O/c1-13-17(20)19(11-5-10-18-13)12-15-8-4-7-14-6-2-3-9-16(14)15/h2-3,6,9,13,15,18H,4-5,7-8,10-12H2,1H3. The molecule has 1 fully saturated rings. The summed E-state index contributed by atoms with van der Waals surface area (Å²) in [5.41, 5.74) is 2.95. The molecule has 3 heteroatoms. The van der Waals surface area contributed by atoms with Crippen molar-refractivity contribution in [3.05, 3.63) is 35.4 Å². The fraction of sp³-hybridized carbons (Fsp3) is 0.588. The van der Waals surface area contributed by atoms with Gasteiger partial charge in [-0.25, -0.2) is 0 Å². The fourth-order valence-corrected chi connectivity index (χ4v) is 3.55. The molecule has 1 N–H and O–H groups in total. The maximum atomic E-state index is 12.4. The van der Waals surface area contributed by atoms with Crippen LogP contribution in [0.1, 0.15) is 43.2 Å². The molecule has 2 aliphatic rings. The Labute approximate surface area is 121 Å². The summed E-state index contributed by atoms with van der Waals surface area (Å²) >= 11 is 0.